The van der Waals surface area contributed by atoms with Crippen LogP contribution in [0.1, 0.15) is 50.5 Å². The molecule has 26 heavy (non-hydrogen) atoms. The minimum atomic E-state index is -0.283. The number of rotatable bonds is 2. The van der Waals surface area contributed by atoms with Gasteiger partial charge in [-0.25, -0.2) is 4.39 Å². The van der Waals surface area contributed by atoms with Crippen LogP contribution < -0.4 is 4.90 Å². The highest BCUT2D eigenvalue weighted by Crippen LogP contribution is 2.43. The van der Waals surface area contributed by atoms with Gasteiger partial charge in [0, 0.05) is 31.4 Å². The topological polar surface area (TPSA) is 43.8 Å². The minimum absolute atomic E-state index is 0.190. The summed E-state index contributed by atoms with van der Waals surface area (Å²) in [7, 11) is 0. The first-order valence-corrected chi connectivity index (χ1v) is 9.99. The van der Waals surface area contributed by atoms with Crippen LogP contribution in [0.15, 0.2) is 18.2 Å². The minimum Gasteiger partial charge on any atom is -0.393 e. The molecule has 1 atom stereocenters. The van der Waals surface area contributed by atoms with Crippen molar-refractivity contribution in [2.75, 3.05) is 24.5 Å². The summed E-state index contributed by atoms with van der Waals surface area (Å²) in [5.74, 6) is 0.101. The van der Waals surface area contributed by atoms with Gasteiger partial charge in [-0.3, -0.25) is 4.79 Å². The van der Waals surface area contributed by atoms with E-state index in [0.29, 0.717) is 11.9 Å². The van der Waals surface area contributed by atoms with Crippen LogP contribution in [0.3, 0.4) is 0 Å². The lowest BCUT2D eigenvalue weighted by Gasteiger charge is -2.42. The van der Waals surface area contributed by atoms with Crippen LogP contribution in [0.25, 0.3) is 0 Å². The highest BCUT2D eigenvalue weighted by Gasteiger charge is 2.50. The van der Waals surface area contributed by atoms with E-state index in [4.69, 9.17) is 0 Å². The number of halogens is 1. The van der Waals surface area contributed by atoms with E-state index in [1.54, 1.807) is 6.07 Å². The lowest BCUT2D eigenvalue weighted by atomic mass is 9.78. The second kappa shape index (κ2) is 6.84. The normalized spacial score (nSPS) is 32.5. The number of benzene rings is 1. The number of aliphatic hydroxyl groups excluding tert-OH is 1. The molecule has 4 nitrogen and oxygen atoms in total. The highest BCUT2D eigenvalue weighted by atomic mass is 19.1. The molecule has 0 radical (unpaired) electrons. The molecule has 2 aliphatic heterocycles. The van der Waals surface area contributed by atoms with Gasteiger partial charge in [-0.1, -0.05) is 0 Å². The summed E-state index contributed by atoms with van der Waals surface area (Å²) in [4.78, 5) is 17.7. The summed E-state index contributed by atoms with van der Waals surface area (Å²) < 4.78 is 13.5. The molecule has 142 valence electrons. The third-order valence-corrected chi connectivity index (χ3v) is 6.73. The van der Waals surface area contributed by atoms with Crippen LogP contribution in [0.2, 0.25) is 0 Å². The number of likely N-dealkylation sites (tertiary alicyclic amines) is 1. The average molecular weight is 360 g/mol. The number of hydrogen-bond acceptors (Lipinski definition) is 3. The quantitative estimate of drug-likeness (QED) is 0.880. The van der Waals surface area contributed by atoms with Crippen molar-refractivity contribution in [1.82, 2.24) is 4.90 Å². The Labute approximate surface area is 155 Å². The summed E-state index contributed by atoms with van der Waals surface area (Å²) in [6.45, 7) is 4.45. The molecule has 1 saturated carbocycles. The molecular weight excluding hydrogens is 331 g/mol. The Bertz CT molecular complexity index is 687. The zero-order valence-electron chi connectivity index (χ0n) is 15.6. The zero-order valence-corrected chi connectivity index (χ0v) is 15.6. The molecule has 1 amide bonds. The van der Waals surface area contributed by atoms with Gasteiger partial charge < -0.3 is 14.9 Å². The van der Waals surface area contributed by atoms with Gasteiger partial charge >= 0.3 is 0 Å². The number of anilines is 1. The van der Waals surface area contributed by atoms with Crippen molar-refractivity contribution in [3.8, 4) is 0 Å². The van der Waals surface area contributed by atoms with E-state index in [-0.39, 0.29) is 17.3 Å². The first-order chi connectivity index (χ1) is 12.5. The molecule has 0 aromatic heterocycles. The van der Waals surface area contributed by atoms with Crippen LogP contribution in [0.5, 0.6) is 0 Å². The van der Waals surface area contributed by atoms with Gasteiger partial charge in [-0.2, -0.15) is 0 Å². The van der Waals surface area contributed by atoms with Gasteiger partial charge in [0.1, 0.15) is 5.82 Å². The van der Waals surface area contributed by atoms with E-state index in [2.05, 4.69) is 9.80 Å². The van der Waals surface area contributed by atoms with E-state index in [0.717, 1.165) is 75.8 Å². The van der Waals surface area contributed by atoms with Crippen molar-refractivity contribution in [3.05, 3.63) is 29.6 Å². The third-order valence-electron chi connectivity index (χ3n) is 6.73. The fourth-order valence-electron chi connectivity index (χ4n) is 5.26. The number of carbonyl (C=O) groups is 1. The smallest absolute Gasteiger partial charge is 0.230 e. The third kappa shape index (κ3) is 3.11. The van der Waals surface area contributed by atoms with Gasteiger partial charge in [-0.15, -0.1) is 0 Å². The maximum atomic E-state index is 13.5. The molecule has 3 aliphatic rings. The number of aryl methyl sites for hydroxylation is 1. The van der Waals surface area contributed by atoms with E-state index in [1.165, 1.54) is 6.07 Å². The Morgan fingerprint density at radius 1 is 1.15 bits per heavy atom. The molecule has 1 aliphatic carbocycles. The van der Waals surface area contributed by atoms with Crippen LogP contribution in [0.4, 0.5) is 10.1 Å². The van der Waals surface area contributed by atoms with Crippen molar-refractivity contribution >= 4 is 11.6 Å². The van der Waals surface area contributed by atoms with E-state index in [9.17, 15) is 14.3 Å². The van der Waals surface area contributed by atoms with Gasteiger partial charge in [-0.05, 0) is 75.6 Å². The average Bonchev–Trinajstić information content (AvgIpc) is 2.92. The van der Waals surface area contributed by atoms with Crippen molar-refractivity contribution in [3.63, 3.8) is 0 Å². The Morgan fingerprint density at radius 3 is 2.65 bits per heavy atom. The predicted octanol–water partition coefficient (Wildman–Crippen LogP) is 3.26. The monoisotopic (exact) mass is 360 g/mol. The maximum Gasteiger partial charge on any atom is 0.230 e. The Kier molecular flexibility index (Phi) is 4.68. The van der Waals surface area contributed by atoms with Crippen molar-refractivity contribution in [1.29, 1.82) is 0 Å². The number of aliphatic hydroxyl groups is 1. The number of hydrogen-bond donors (Lipinski definition) is 1. The first kappa shape index (κ1) is 17.8. The molecule has 1 N–H and O–H groups in total. The molecular formula is C21H29FN2O2. The summed E-state index contributed by atoms with van der Waals surface area (Å²) in [5.41, 5.74) is 1.71. The molecule has 1 aromatic rings. The second-order valence-electron chi connectivity index (χ2n) is 8.45. The van der Waals surface area contributed by atoms with Crippen molar-refractivity contribution in [2.24, 2.45) is 5.41 Å². The van der Waals surface area contributed by atoms with Crippen LogP contribution in [-0.2, 0) is 4.79 Å². The molecule has 1 aromatic carbocycles. The highest BCUT2D eigenvalue weighted by molar-refractivity contribution is 5.86. The van der Waals surface area contributed by atoms with Gasteiger partial charge in [0.05, 0.1) is 11.5 Å². The maximum absolute atomic E-state index is 13.5. The SMILES string of the molecule is Cc1cc(F)ccc1N1CCCC2(CCN([C@H]3CC[C@H](O)CC3)C2=O)C1. The lowest BCUT2D eigenvalue weighted by Crippen LogP contribution is -2.50. The molecule has 3 fully saturated rings. The second-order valence-corrected chi connectivity index (χ2v) is 8.45. The molecule has 0 bridgehead atoms. The molecule has 5 heteroatoms. The summed E-state index contributed by atoms with van der Waals surface area (Å²) >= 11 is 0. The van der Waals surface area contributed by atoms with Gasteiger partial charge in [0.2, 0.25) is 5.91 Å². The summed E-state index contributed by atoms with van der Waals surface area (Å²) in [6.07, 6.45) is 6.14. The fraction of sp³-hybridized carbons (Fsp3) is 0.667. The van der Waals surface area contributed by atoms with Crippen LogP contribution >= 0.6 is 0 Å². The first-order valence-electron chi connectivity index (χ1n) is 9.99. The Hall–Kier alpha value is -1.62. The summed E-state index contributed by atoms with van der Waals surface area (Å²) in [5, 5.41) is 9.75. The van der Waals surface area contributed by atoms with Crippen molar-refractivity contribution in [2.45, 2.75) is 64.0 Å². The van der Waals surface area contributed by atoms with Crippen LogP contribution in [-0.4, -0.2) is 47.7 Å². The largest absolute Gasteiger partial charge is 0.393 e. The molecule has 2 heterocycles. The Morgan fingerprint density at radius 2 is 1.92 bits per heavy atom. The number of piperidine rings is 1. The lowest BCUT2D eigenvalue weighted by molar-refractivity contribution is -0.139. The Balaban J connectivity index is 1.50. The van der Waals surface area contributed by atoms with E-state index >= 15 is 0 Å². The van der Waals surface area contributed by atoms with Gasteiger partial charge in [0.15, 0.2) is 0 Å². The van der Waals surface area contributed by atoms with Crippen molar-refractivity contribution < 1.29 is 14.3 Å². The number of amides is 1. The molecule has 1 unspecified atom stereocenters. The standard InChI is InChI=1S/C21H29FN2O2/c1-15-13-16(22)3-8-19(15)23-11-2-9-21(14-23)10-12-24(20(21)26)17-4-6-18(25)7-5-17/h3,8,13,17-18,25H,2,4-7,9-12,14H2,1H3/t17-,18-,21?. The van der Waals surface area contributed by atoms with E-state index in [1.807, 2.05) is 13.0 Å². The fourth-order valence-corrected chi connectivity index (χ4v) is 5.26. The predicted molar refractivity (Wildman–Crippen MR) is 99.6 cm³/mol. The van der Waals surface area contributed by atoms with Gasteiger partial charge in [0.25, 0.3) is 0 Å². The zero-order chi connectivity index (χ0) is 18.3. The number of nitrogens with zero attached hydrogens (tertiary/aromatic N) is 2. The summed E-state index contributed by atoms with van der Waals surface area (Å²) in [6, 6.07) is 5.24. The molecule has 2 saturated heterocycles. The van der Waals surface area contributed by atoms with Crippen LogP contribution in [0, 0.1) is 18.2 Å². The molecule has 1 spiro atoms. The van der Waals surface area contributed by atoms with E-state index < -0.39 is 0 Å². The number of carbonyl (C=O) groups excluding carboxylic acids is 1. The molecule has 4 rings (SSSR count).